The highest BCUT2D eigenvalue weighted by Gasteiger charge is 2.42. The third kappa shape index (κ3) is 4.61. The molecule has 1 aliphatic heterocycles. The van der Waals surface area contributed by atoms with Crippen LogP contribution < -0.4 is 10.6 Å². The monoisotopic (exact) mass is 322 g/mol. The maximum Gasteiger partial charge on any atom is 0.262 e. The number of nitrogens with one attached hydrogen (secondary N) is 2. The van der Waals surface area contributed by atoms with Crippen molar-refractivity contribution in [3.05, 3.63) is 29.8 Å². The number of rotatable bonds is 4. The van der Waals surface area contributed by atoms with Crippen molar-refractivity contribution >= 4 is 30.1 Å². The van der Waals surface area contributed by atoms with E-state index in [-0.39, 0.29) is 18.3 Å². The lowest BCUT2D eigenvalue weighted by Crippen LogP contribution is -2.39. The molecule has 0 bridgehead atoms. The third-order valence-electron chi connectivity index (χ3n) is 3.05. The molecule has 1 aromatic rings. The van der Waals surface area contributed by atoms with Crippen molar-refractivity contribution in [1.82, 2.24) is 10.6 Å². The van der Waals surface area contributed by atoms with Crippen LogP contribution in [0.3, 0.4) is 0 Å². The molecule has 7 heteroatoms. The maximum atomic E-state index is 13.0. The minimum absolute atomic E-state index is 0. The van der Waals surface area contributed by atoms with Crippen LogP contribution in [-0.2, 0) is 11.3 Å². The lowest BCUT2D eigenvalue weighted by Gasteiger charge is -2.11. The summed E-state index contributed by atoms with van der Waals surface area (Å²) in [5.41, 5.74) is 0.955. The Kier molecular flexibility index (Phi) is 6.23. The molecule has 0 spiro atoms. The first-order valence-electron chi connectivity index (χ1n) is 6.02. The predicted octanol–water partition coefficient (Wildman–Crippen LogP) is 2.44. The van der Waals surface area contributed by atoms with Crippen molar-refractivity contribution < 1.29 is 13.6 Å². The molecule has 0 aliphatic carbocycles. The maximum absolute atomic E-state index is 13.0. The van der Waals surface area contributed by atoms with Crippen molar-refractivity contribution in [1.29, 1.82) is 0 Å². The third-order valence-corrected chi connectivity index (χ3v) is 3.80. The van der Waals surface area contributed by atoms with Crippen LogP contribution in [0.2, 0.25) is 0 Å². The Bertz CT molecular complexity index is 456. The largest absolute Gasteiger partial charge is 0.351 e. The molecule has 0 radical (unpaired) electrons. The molecule has 1 atom stereocenters. The zero-order valence-electron chi connectivity index (χ0n) is 11.0. The molecule has 2 rings (SSSR count). The Morgan fingerprint density at radius 1 is 1.45 bits per heavy atom. The summed E-state index contributed by atoms with van der Waals surface area (Å²) in [6.45, 7) is -0.0647. The quantitative estimate of drug-likeness (QED) is 0.837. The summed E-state index contributed by atoms with van der Waals surface area (Å²) in [6, 6.07) is 6.98. The summed E-state index contributed by atoms with van der Waals surface area (Å²) in [4.78, 5) is 12.9. The second kappa shape index (κ2) is 7.24. The average Bonchev–Trinajstić information content (AvgIpc) is 2.77. The first-order valence-corrected chi connectivity index (χ1v) is 7.24. The molecule has 1 amide bonds. The van der Waals surface area contributed by atoms with Crippen molar-refractivity contribution in [2.45, 2.75) is 29.8 Å². The standard InChI is InChI=1S/C13H16F2N2OS.ClH/c1-19-10-4-2-9(3-5-10)7-16-12(18)11-6-13(14,15)8-17-11;/h2-5,11,17H,6-8H2,1H3,(H,16,18);1H. The highest BCUT2D eigenvalue weighted by molar-refractivity contribution is 7.98. The Balaban J connectivity index is 0.00000200. The molecule has 3 nitrogen and oxygen atoms in total. The van der Waals surface area contributed by atoms with E-state index in [9.17, 15) is 13.6 Å². The summed E-state index contributed by atoms with van der Waals surface area (Å²) in [7, 11) is 0. The minimum atomic E-state index is -2.78. The molecular weight excluding hydrogens is 306 g/mol. The van der Waals surface area contributed by atoms with Crippen LogP contribution in [0.5, 0.6) is 0 Å². The first-order chi connectivity index (χ1) is 9.00. The van der Waals surface area contributed by atoms with E-state index < -0.39 is 24.9 Å². The van der Waals surface area contributed by atoms with Gasteiger partial charge < -0.3 is 5.32 Å². The van der Waals surface area contributed by atoms with E-state index in [0.29, 0.717) is 6.54 Å². The van der Waals surface area contributed by atoms with Crippen LogP contribution in [0, 0.1) is 0 Å². The number of alkyl halides is 2. The Morgan fingerprint density at radius 2 is 2.10 bits per heavy atom. The number of hydrogen-bond donors (Lipinski definition) is 2. The van der Waals surface area contributed by atoms with Gasteiger partial charge in [0.1, 0.15) is 0 Å². The molecule has 1 unspecified atom stereocenters. The topological polar surface area (TPSA) is 41.1 Å². The van der Waals surface area contributed by atoms with E-state index >= 15 is 0 Å². The second-order valence-electron chi connectivity index (χ2n) is 4.56. The van der Waals surface area contributed by atoms with Crippen LogP contribution in [-0.4, -0.2) is 30.7 Å². The van der Waals surface area contributed by atoms with Crippen LogP contribution >= 0.6 is 24.2 Å². The molecular formula is C13H17ClF2N2OS. The molecule has 1 aromatic carbocycles. The fraction of sp³-hybridized carbons (Fsp3) is 0.462. The van der Waals surface area contributed by atoms with Crippen molar-refractivity contribution in [3.63, 3.8) is 0 Å². The van der Waals surface area contributed by atoms with Gasteiger partial charge in [-0.25, -0.2) is 8.78 Å². The van der Waals surface area contributed by atoms with Gasteiger partial charge >= 0.3 is 0 Å². The van der Waals surface area contributed by atoms with Gasteiger partial charge in [0.15, 0.2) is 0 Å². The lowest BCUT2D eigenvalue weighted by molar-refractivity contribution is -0.123. The van der Waals surface area contributed by atoms with E-state index in [2.05, 4.69) is 10.6 Å². The fourth-order valence-electron chi connectivity index (χ4n) is 1.96. The molecule has 1 fully saturated rings. The summed E-state index contributed by atoms with van der Waals surface area (Å²) >= 11 is 1.64. The Labute approximate surface area is 127 Å². The van der Waals surface area contributed by atoms with Gasteiger partial charge in [0.25, 0.3) is 5.92 Å². The molecule has 2 N–H and O–H groups in total. The summed E-state index contributed by atoms with van der Waals surface area (Å²) in [6.07, 6.45) is 1.56. The Hall–Kier alpha value is -0.850. The summed E-state index contributed by atoms with van der Waals surface area (Å²) < 4.78 is 25.9. The van der Waals surface area contributed by atoms with E-state index in [0.717, 1.165) is 10.5 Å². The highest BCUT2D eigenvalue weighted by atomic mass is 35.5. The highest BCUT2D eigenvalue weighted by Crippen LogP contribution is 2.25. The van der Waals surface area contributed by atoms with Crippen LogP contribution in [0.4, 0.5) is 8.78 Å². The molecule has 1 aliphatic rings. The zero-order valence-corrected chi connectivity index (χ0v) is 12.6. The molecule has 0 saturated carbocycles. The van der Waals surface area contributed by atoms with Gasteiger partial charge in [0.2, 0.25) is 5.91 Å². The molecule has 1 saturated heterocycles. The van der Waals surface area contributed by atoms with E-state index in [4.69, 9.17) is 0 Å². The second-order valence-corrected chi connectivity index (χ2v) is 5.44. The molecule has 20 heavy (non-hydrogen) atoms. The van der Waals surface area contributed by atoms with Crippen LogP contribution in [0.1, 0.15) is 12.0 Å². The van der Waals surface area contributed by atoms with Crippen molar-refractivity contribution in [3.8, 4) is 0 Å². The smallest absolute Gasteiger partial charge is 0.262 e. The van der Waals surface area contributed by atoms with Crippen LogP contribution in [0.15, 0.2) is 29.2 Å². The molecule has 1 heterocycles. The van der Waals surface area contributed by atoms with Gasteiger partial charge in [-0.05, 0) is 24.0 Å². The number of thioether (sulfide) groups is 1. The average molecular weight is 323 g/mol. The van der Waals surface area contributed by atoms with Crippen molar-refractivity contribution in [2.75, 3.05) is 12.8 Å². The zero-order chi connectivity index (χ0) is 13.9. The number of benzene rings is 1. The molecule has 112 valence electrons. The van der Waals surface area contributed by atoms with E-state index in [1.54, 1.807) is 11.8 Å². The number of carbonyl (C=O) groups is 1. The predicted molar refractivity (Wildman–Crippen MR) is 78.7 cm³/mol. The fourth-order valence-corrected chi connectivity index (χ4v) is 2.36. The Morgan fingerprint density at radius 3 is 2.60 bits per heavy atom. The van der Waals surface area contributed by atoms with Crippen LogP contribution in [0.25, 0.3) is 0 Å². The van der Waals surface area contributed by atoms with Gasteiger partial charge in [0, 0.05) is 17.9 Å². The number of amides is 1. The molecule has 0 aromatic heterocycles. The van der Waals surface area contributed by atoms with Gasteiger partial charge in [-0.1, -0.05) is 12.1 Å². The van der Waals surface area contributed by atoms with E-state index in [1.807, 2.05) is 30.5 Å². The number of halogens is 3. The normalized spacial score (nSPS) is 20.2. The lowest BCUT2D eigenvalue weighted by atomic mass is 10.1. The SMILES string of the molecule is CSc1ccc(CNC(=O)C2CC(F)(F)CN2)cc1.Cl. The number of hydrogen-bond acceptors (Lipinski definition) is 3. The minimum Gasteiger partial charge on any atom is -0.351 e. The van der Waals surface area contributed by atoms with E-state index in [1.165, 1.54) is 0 Å². The first kappa shape index (κ1) is 17.2. The number of carbonyl (C=O) groups excluding carboxylic acids is 1. The summed E-state index contributed by atoms with van der Waals surface area (Å²) in [5, 5.41) is 5.21. The van der Waals surface area contributed by atoms with Gasteiger partial charge in [-0.15, -0.1) is 24.2 Å². The summed E-state index contributed by atoms with van der Waals surface area (Å²) in [5.74, 6) is -3.15. The van der Waals surface area contributed by atoms with Gasteiger partial charge in [-0.2, -0.15) is 0 Å². The van der Waals surface area contributed by atoms with Gasteiger partial charge in [-0.3, -0.25) is 10.1 Å². The van der Waals surface area contributed by atoms with Gasteiger partial charge in [0.05, 0.1) is 12.6 Å². The van der Waals surface area contributed by atoms with Crippen molar-refractivity contribution in [2.24, 2.45) is 0 Å².